The van der Waals surface area contributed by atoms with Crippen molar-refractivity contribution >= 4 is 46.7 Å². The Hall–Kier alpha value is -2.47. The van der Waals surface area contributed by atoms with Crippen LogP contribution in [0.4, 0.5) is 4.39 Å². The number of hydrogen-bond donors (Lipinski definition) is 2. The van der Waals surface area contributed by atoms with E-state index >= 15 is 0 Å². The molecule has 0 radical (unpaired) electrons. The summed E-state index contributed by atoms with van der Waals surface area (Å²) in [4.78, 5) is 26.4. The number of carboxylic acids is 1. The summed E-state index contributed by atoms with van der Waals surface area (Å²) in [6.07, 6.45) is 0. The number of nitrogens with zero attached hydrogens (tertiary/aromatic N) is 2. The van der Waals surface area contributed by atoms with Crippen LogP contribution in [0.3, 0.4) is 0 Å². The molecule has 1 aromatic carbocycles. The van der Waals surface area contributed by atoms with Gasteiger partial charge in [-0.05, 0) is 12.1 Å². The molecule has 0 saturated carbocycles. The third-order valence-electron chi connectivity index (χ3n) is 2.74. The lowest BCUT2D eigenvalue weighted by Gasteiger charge is -2.05. The van der Waals surface area contributed by atoms with Gasteiger partial charge in [-0.3, -0.25) is 9.59 Å². The summed E-state index contributed by atoms with van der Waals surface area (Å²) < 4.78 is 14.0. The van der Waals surface area contributed by atoms with Crippen molar-refractivity contribution < 1.29 is 19.1 Å². The van der Waals surface area contributed by atoms with Gasteiger partial charge in [0.15, 0.2) is 5.92 Å². The van der Waals surface area contributed by atoms with Crippen molar-refractivity contribution in [1.82, 2.24) is 10.3 Å². The zero-order valence-corrected chi connectivity index (χ0v) is 11.7. The molecular weight excluding hydrogens is 296 g/mol. The van der Waals surface area contributed by atoms with Crippen LogP contribution in [-0.2, 0) is 9.59 Å². The number of rotatable bonds is 4. The molecule has 0 fully saturated rings. The molecule has 0 bridgehead atoms. The summed E-state index contributed by atoms with van der Waals surface area (Å²) in [7, 11) is 1.59. The number of thiazole rings is 1. The number of halogens is 1. The summed E-state index contributed by atoms with van der Waals surface area (Å²) in [6, 6.07) is 4.62. The standard InChI is InChI=1S/C12H9BFN3O3S/c13-6-1-8-9(2-7(6)14)21-12(17-8)5(3-15)11(20)16-4-10(18)19/h1-2,5H,4,13H2,(H,16,20)(H,18,19). The highest BCUT2D eigenvalue weighted by Gasteiger charge is 2.24. The van der Waals surface area contributed by atoms with E-state index in [0.717, 1.165) is 11.3 Å². The summed E-state index contributed by atoms with van der Waals surface area (Å²) in [6.45, 7) is -0.574. The van der Waals surface area contributed by atoms with Gasteiger partial charge < -0.3 is 10.4 Å². The second kappa shape index (κ2) is 5.89. The highest BCUT2D eigenvalue weighted by atomic mass is 32.1. The second-order valence-corrected chi connectivity index (χ2v) is 5.36. The molecule has 1 aromatic heterocycles. The number of carbonyl (C=O) groups excluding carboxylic acids is 1. The molecule has 2 N–H and O–H groups in total. The molecule has 1 atom stereocenters. The third kappa shape index (κ3) is 3.17. The topological polar surface area (TPSA) is 103 Å². The largest absolute Gasteiger partial charge is 0.480 e. The molecule has 21 heavy (non-hydrogen) atoms. The molecule has 106 valence electrons. The van der Waals surface area contributed by atoms with Crippen molar-refractivity contribution in [3.05, 3.63) is 23.0 Å². The first-order valence-electron chi connectivity index (χ1n) is 5.88. The van der Waals surface area contributed by atoms with Crippen molar-refractivity contribution in [3.8, 4) is 6.07 Å². The Morgan fingerprint density at radius 2 is 2.29 bits per heavy atom. The molecule has 1 amide bonds. The van der Waals surface area contributed by atoms with Gasteiger partial charge in [0.1, 0.15) is 25.2 Å². The van der Waals surface area contributed by atoms with Gasteiger partial charge >= 0.3 is 5.97 Å². The highest BCUT2D eigenvalue weighted by Crippen LogP contribution is 2.27. The normalized spacial score (nSPS) is 11.8. The molecule has 1 heterocycles. The van der Waals surface area contributed by atoms with E-state index in [2.05, 4.69) is 10.3 Å². The van der Waals surface area contributed by atoms with Crippen LogP contribution in [0, 0.1) is 17.1 Å². The number of aliphatic carboxylic acids is 1. The van der Waals surface area contributed by atoms with Gasteiger partial charge in [-0.2, -0.15) is 5.26 Å². The molecule has 9 heteroatoms. The maximum Gasteiger partial charge on any atom is 0.322 e. The zero-order chi connectivity index (χ0) is 15.6. The van der Waals surface area contributed by atoms with Gasteiger partial charge in [-0.15, -0.1) is 11.3 Å². The number of carbonyl (C=O) groups is 2. The summed E-state index contributed by atoms with van der Waals surface area (Å²) in [5.41, 5.74) is 0.920. The van der Waals surface area contributed by atoms with Crippen molar-refractivity contribution in [1.29, 1.82) is 5.26 Å². The number of hydrogen-bond acceptors (Lipinski definition) is 5. The monoisotopic (exact) mass is 305 g/mol. The maximum absolute atomic E-state index is 13.5. The van der Waals surface area contributed by atoms with Gasteiger partial charge in [0.25, 0.3) is 0 Å². The van der Waals surface area contributed by atoms with Crippen LogP contribution in [0.1, 0.15) is 10.9 Å². The lowest BCUT2D eigenvalue weighted by molar-refractivity contribution is -0.138. The van der Waals surface area contributed by atoms with Crippen LogP contribution < -0.4 is 10.8 Å². The molecule has 1 unspecified atom stereocenters. The quantitative estimate of drug-likeness (QED) is 0.741. The minimum absolute atomic E-state index is 0.209. The lowest BCUT2D eigenvalue weighted by atomic mass is 9.95. The second-order valence-electron chi connectivity index (χ2n) is 4.29. The molecule has 6 nitrogen and oxygen atoms in total. The van der Waals surface area contributed by atoms with Crippen molar-refractivity contribution in [2.45, 2.75) is 5.92 Å². The minimum atomic E-state index is -1.22. The van der Waals surface area contributed by atoms with Crippen LogP contribution in [0.2, 0.25) is 0 Å². The van der Waals surface area contributed by atoms with E-state index in [4.69, 9.17) is 10.4 Å². The number of nitriles is 1. The van der Waals surface area contributed by atoms with Gasteiger partial charge in [-0.25, -0.2) is 9.37 Å². The first kappa shape index (κ1) is 14.9. The maximum atomic E-state index is 13.5. The molecular formula is C12H9BFN3O3S. The first-order chi connectivity index (χ1) is 9.92. The van der Waals surface area contributed by atoms with E-state index < -0.39 is 24.3 Å². The number of fused-ring (bicyclic) bond motifs is 1. The fourth-order valence-corrected chi connectivity index (χ4v) is 2.70. The molecule has 2 aromatic rings. The number of carboxylic acid groups (broad SMARTS) is 1. The number of aromatic nitrogens is 1. The van der Waals surface area contributed by atoms with Gasteiger partial charge in [0.2, 0.25) is 5.91 Å². The van der Waals surface area contributed by atoms with Crippen molar-refractivity contribution in [3.63, 3.8) is 0 Å². The van der Waals surface area contributed by atoms with E-state index in [1.165, 1.54) is 12.1 Å². The Morgan fingerprint density at radius 1 is 1.57 bits per heavy atom. The van der Waals surface area contributed by atoms with E-state index in [1.54, 1.807) is 13.9 Å². The number of benzene rings is 1. The van der Waals surface area contributed by atoms with E-state index in [0.29, 0.717) is 15.7 Å². The van der Waals surface area contributed by atoms with Crippen LogP contribution >= 0.6 is 11.3 Å². The lowest BCUT2D eigenvalue weighted by Crippen LogP contribution is -2.33. The first-order valence-corrected chi connectivity index (χ1v) is 6.69. The Kier molecular flexibility index (Phi) is 4.19. The van der Waals surface area contributed by atoms with Crippen LogP contribution in [-0.4, -0.2) is 36.4 Å². The zero-order valence-electron chi connectivity index (χ0n) is 10.9. The van der Waals surface area contributed by atoms with E-state index in [-0.39, 0.29) is 10.8 Å². The molecule has 0 aliphatic carbocycles. The van der Waals surface area contributed by atoms with Crippen molar-refractivity contribution in [2.24, 2.45) is 0 Å². The fourth-order valence-electron chi connectivity index (χ4n) is 1.69. The fraction of sp³-hybridized carbons (Fsp3) is 0.167. The summed E-state index contributed by atoms with van der Waals surface area (Å²) >= 11 is 1.03. The highest BCUT2D eigenvalue weighted by molar-refractivity contribution is 7.18. The van der Waals surface area contributed by atoms with Crippen LogP contribution in [0.5, 0.6) is 0 Å². The summed E-state index contributed by atoms with van der Waals surface area (Å²) in [5, 5.41) is 19.9. The molecule has 2 rings (SSSR count). The predicted octanol–water partition coefficient (Wildman–Crippen LogP) is -0.498. The average Bonchev–Trinajstić information content (AvgIpc) is 2.80. The van der Waals surface area contributed by atoms with E-state index in [1.807, 2.05) is 0 Å². The Morgan fingerprint density at radius 3 is 2.90 bits per heavy atom. The van der Waals surface area contributed by atoms with E-state index in [9.17, 15) is 14.0 Å². The Bertz CT molecular complexity index is 732. The molecule has 0 aliphatic heterocycles. The SMILES string of the molecule is Bc1cc2nc(C(C#N)C(=O)NCC(=O)O)sc2cc1F. The number of nitrogens with one attached hydrogen (secondary N) is 1. The molecule has 0 spiro atoms. The van der Waals surface area contributed by atoms with Gasteiger partial charge in [0, 0.05) is 0 Å². The molecule has 0 saturated heterocycles. The van der Waals surface area contributed by atoms with Gasteiger partial charge in [0.05, 0.1) is 16.3 Å². The Balaban J connectivity index is 2.32. The minimum Gasteiger partial charge on any atom is -0.480 e. The smallest absolute Gasteiger partial charge is 0.322 e. The van der Waals surface area contributed by atoms with Crippen LogP contribution in [0.25, 0.3) is 10.2 Å². The molecule has 0 aliphatic rings. The number of amides is 1. The third-order valence-corrected chi connectivity index (χ3v) is 3.82. The predicted molar refractivity (Wildman–Crippen MR) is 76.8 cm³/mol. The average molecular weight is 305 g/mol. The van der Waals surface area contributed by atoms with Crippen LogP contribution in [0.15, 0.2) is 12.1 Å². The summed E-state index contributed by atoms with van der Waals surface area (Å²) in [5.74, 6) is -3.55. The Labute approximate surface area is 123 Å². The van der Waals surface area contributed by atoms with Gasteiger partial charge in [-0.1, -0.05) is 5.46 Å². The van der Waals surface area contributed by atoms with Crippen molar-refractivity contribution in [2.75, 3.05) is 6.54 Å².